The number of aromatic nitrogens is 1. The molecule has 26 heavy (non-hydrogen) atoms. The number of fused-ring (bicyclic) bond motifs is 1. The molecule has 0 unspecified atom stereocenters. The number of nitrogens with one attached hydrogen (secondary N) is 2. The Morgan fingerprint density at radius 1 is 1.27 bits per heavy atom. The molecule has 7 heteroatoms. The lowest BCUT2D eigenvalue weighted by atomic mass is 10.2. The molecule has 1 aromatic heterocycles. The zero-order chi connectivity index (χ0) is 18.5. The van der Waals surface area contributed by atoms with Crippen molar-refractivity contribution in [3.8, 4) is 17.2 Å². The summed E-state index contributed by atoms with van der Waals surface area (Å²) in [5, 5.41) is 14.5. The van der Waals surface area contributed by atoms with Crippen LogP contribution in [0.5, 0.6) is 17.2 Å². The highest BCUT2D eigenvalue weighted by molar-refractivity contribution is 5.98. The number of phenols is 1. The maximum Gasteiger partial charge on any atom is 0.287 e. The Balaban J connectivity index is 1.70. The number of hydrogen-bond acceptors (Lipinski definition) is 5. The topological polar surface area (TPSA) is 95.9 Å². The smallest absolute Gasteiger partial charge is 0.287 e. The normalized spacial score (nSPS) is 11.0. The van der Waals surface area contributed by atoms with Crippen molar-refractivity contribution in [3.05, 3.63) is 53.7 Å². The molecule has 7 nitrogen and oxygen atoms in total. The van der Waals surface area contributed by atoms with E-state index in [0.717, 1.165) is 16.7 Å². The molecule has 0 saturated heterocycles. The molecule has 1 amide bonds. The Kier molecular flexibility index (Phi) is 5.07. The Labute approximate surface area is 150 Å². The third kappa shape index (κ3) is 3.77. The Bertz CT molecular complexity index is 963. The number of phenolic OH excluding ortho intramolecular Hbond substituents is 1. The van der Waals surface area contributed by atoms with Gasteiger partial charge >= 0.3 is 0 Å². The van der Waals surface area contributed by atoms with Crippen molar-refractivity contribution in [2.45, 2.75) is 6.92 Å². The van der Waals surface area contributed by atoms with Gasteiger partial charge in [0.25, 0.3) is 5.91 Å². The number of benzene rings is 2. The number of carbonyl (C=O) groups excluding carboxylic acids is 1. The summed E-state index contributed by atoms with van der Waals surface area (Å²) in [5.74, 6) is 0.785. The number of hydrazone groups is 1. The fourth-order valence-electron chi connectivity index (χ4n) is 2.47. The van der Waals surface area contributed by atoms with Crippen LogP contribution in [0.2, 0.25) is 0 Å². The third-order valence-electron chi connectivity index (χ3n) is 3.74. The summed E-state index contributed by atoms with van der Waals surface area (Å²) in [6.07, 6.45) is 1.48. The molecule has 0 fully saturated rings. The minimum absolute atomic E-state index is 0.0570. The Hall–Kier alpha value is -3.48. The van der Waals surface area contributed by atoms with E-state index in [2.05, 4.69) is 15.5 Å². The monoisotopic (exact) mass is 353 g/mol. The third-order valence-corrected chi connectivity index (χ3v) is 3.74. The molecule has 3 aromatic rings. The van der Waals surface area contributed by atoms with Gasteiger partial charge in [0, 0.05) is 10.9 Å². The molecule has 0 aliphatic rings. The number of ether oxygens (including phenoxy) is 2. The van der Waals surface area contributed by atoms with Gasteiger partial charge in [0.05, 0.1) is 19.9 Å². The number of amides is 1. The number of nitrogens with zero attached hydrogens (tertiary/aromatic N) is 1. The molecule has 0 aliphatic carbocycles. The van der Waals surface area contributed by atoms with Crippen LogP contribution in [0.4, 0.5) is 0 Å². The van der Waals surface area contributed by atoms with Gasteiger partial charge in [-0.05, 0) is 55.0 Å². The first-order chi connectivity index (χ1) is 12.6. The van der Waals surface area contributed by atoms with Gasteiger partial charge in [-0.25, -0.2) is 5.43 Å². The average molecular weight is 353 g/mol. The van der Waals surface area contributed by atoms with Gasteiger partial charge in [0.15, 0.2) is 11.5 Å². The maximum absolute atomic E-state index is 12.2. The Morgan fingerprint density at radius 3 is 2.88 bits per heavy atom. The highest BCUT2D eigenvalue weighted by atomic mass is 16.5. The molecule has 2 aromatic carbocycles. The van der Waals surface area contributed by atoms with Crippen molar-refractivity contribution in [2.24, 2.45) is 5.10 Å². The summed E-state index contributed by atoms with van der Waals surface area (Å²) in [4.78, 5) is 15.3. The van der Waals surface area contributed by atoms with Crippen LogP contribution in [-0.4, -0.2) is 35.9 Å². The van der Waals surface area contributed by atoms with Crippen molar-refractivity contribution in [2.75, 3.05) is 13.7 Å². The standard InChI is InChI=1S/C19H19N3O4/c1-3-26-18-8-12(4-7-17(18)23)11-20-22-19(24)16-10-13-9-14(25-2)5-6-15(13)21-16/h4-11,21,23H,3H2,1-2H3,(H,22,24)/b20-11-. The molecule has 134 valence electrons. The van der Waals surface area contributed by atoms with Crippen LogP contribution in [-0.2, 0) is 0 Å². The number of H-pyrrole nitrogens is 1. The minimum Gasteiger partial charge on any atom is -0.504 e. The maximum atomic E-state index is 12.2. The Morgan fingerprint density at radius 2 is 2.12 bits per heavy atom. The molecule has 0 bridgehead atoms. The fraction of sp³-hybridized carbons (Fsp3) is 0.158. The van der Waals surface area contributed by atoms with Crippen LogP contribution in [0.1, 0.15) is 23.0 Å². The number of carbonyl (C=O) groups is 1. The fourth-order valence-corrected chi connectivity index (χ4v) is 2.47. The second-order valence-corrected chi connectivity index (χ2v) is 5.50. The van der Waals surface area contributed by atoms with Crippen molar-refractivity contribution < 1.29 is 19.4 Å². The van der Waals surface area contributed by atoms with E-state index in [1.54, 1.807) is 25.3 Å². The number of aromatic amines is 1. The van der Waals surface area contributed by atoms with Crippen molar-refractivity contribution in [1.82, 2.24) is 10.4 Å². The SMILES string of the molecule is CCOc1cc(/C=N\NC(=O)c2cc3cc(OC)ccc3[nH]2)ccc1O. The first kappa shape index (κ1) is 17.3. The van der Waals surface area contributed by atoms with Crippen LogP contribution < -0.4 is 14.9 Å². The van der Waals surface area contributed by atoms with Gasteiger partial charge in [-0.2, -0.15) is 5.10 Å². The molecular formula is C19H19N3O4. The molecule has 0 spiro atoms. The van der Waals surface area contributed by atoms with E-state index in [9.17, 15) is 9.90 Å². The zero-order valence-corrected chi connectivity index (χ0v) is 14.4. The predicted molar refractivity (Wildman–Crippen MR) is 99.2 cm³/mol. The summed E-state index contributed by atoms with van der Waals surface area (Å²) in [7, 11) is 1.59. The first-order valence-electron chi connectivity index (χ1n) is 8.06. The summed E-state index contributed by atoms with van der Waals surface area (Å²) in [6, 6.07) is 12.1. The minimum atomic E-state index is -0.361. The van der Waals surface area contributed by atoms with Gasteiger partial charge in [-0.3, -0.25) is 4.79 Å². The number of methoxy groups -OCH3 is 1. The van der Waals surface area contributed by atoms with Gasteiger partial charge < -0.3 is 19.6 Å². The summed E-state index contributed by atoms with van der Waals surface area (Å²) < 4.78 is 10.5. The van der Waals surface area contributed by atoms with Crippen molar-refractivity contribution in [3.63, 3.8) is 0 Å². The number of rotatable bonds is 6. The van der Waals surface area contributed by atoms with E-state index in [0.29, 0.717) is 23.6 Å². The molecular weight excluding hydrogens is 334 g/mol. The molecule has 0 aliphatic heterocycles. The number of hydrogen-bond donors (Lipinski definition) is 3. The van der Waals surface area contributed by atoms with Crippen LogP contribution in [0.3, 0.4) is 0 Å². The van der Waals surface area contributed by atoms with Crippen LogP contribution >= 0.6 is 0 Å². The lowest BCUT2D eigenvalue weighted by Gasteiger charge is -2.05. The molecule has 0 saturated carbocycles. The zero-order valence-electron chi connectivity index (χ0n) is 14.4. The summed E-state index contributed by atoms with van der Waals surface area (Å²) in [6.45, 7) is 2.27. The molecule has 0 atom stereocenters. The van der Waals surface area contributed by atoms with Crippen molar-refractivity contribution in [1.29, 1.82) is 0 Å². The van der Waals surface area contributed by atoms with Crippen LogP contribution in [0.25, 0.3) is 10.9 Å². The molecule has 1 heterocycles. The quantitative estimate of drug-likeness (QED) is 0.469. The molecule has 0 radical (unpaired) electrons. The summed E-state index contributed by atoms with van der Waals surface area (Å²) >= 11 is 0. The average Bonchev–Trinajstić information content (AvgIpc) is 3.07. The predicted octanol–water partition coefficient (Wildman–Crippen LogP) is 3.04. The van der Waals surface area contributed by atoms with E-state index in [4.69, 9.17) is 9.47 Å². The molecule has 3 rings (SSSR count). The van der Waals surface area contributed by atoms with Gasteiger partial charge in [0.1, 0.15) is 11.4 Å². The van der Waals surface area contributed by atoms with Gasteiger partial charge in [0.2, 0.25) is 0 Å². The van der Waals surface area contributed by atoms with E-state index in [-0.39, 0.29) is 11.7 Å². The second-order valence-electron chi connectivity index (χ2n) is 5.50. The summed E-state index contributed by atoms with van der Waals surface area (Å²) in [5.41, 5.74) is 4.38. The lowest BCUT2D eigenvalue weighted by Crippen LogP contribution is -2.17. The molecule has 3 N–H and O–H groups in total. The van der Waals surface area contributed by atoms with Crippen molar-refractivity contribution >= 4 is 23.0 Å². The van der Waals surface area contributed by atoms with Crippen LogP contribution in [0.15, 0.2) is 47.6 Å². The second kappa shape index (κ2) is 7.60. The van der Waals surface area contributed by atoms with E-state index in [1.165, 1.54) is 12.3 Å². The first-order valence-corrected chi connectivity index (χ1v) is 8.06. The van der Waals surface area contributed by atoms with E-state index >= 15 is 0 Å². The van der Waals surface area contributed by atoms with Gasteiger partial charge in [-0.15, -0.1) is 0 Å². The van der Waals surface area contributed by atoms with E-state index < -0.39 is 0 Å². The number of aromatic hydroxyl groups is 1. The lowest BCUT2D eigenvalue weighted by molar-refractivity contribution is 0.0951. The highest BCUT2D eigenvalue weighted by Gasteiger charge is 2.09. The highest BCUT2D eigenvalue weighted by Crippen LogP contribution is 2.26. The largest absolute Gasteiger partial charge is 0.504 e. The van der Waals surface area contributed by atoms with Gasteiger partial charge in [-0.1, -0.05) is 0 Å². The van der Waals surface area contributed by atoms with E-state index in [1.807, 2.05) is 25.1 Å². The van der Waals surface area contributed by atoms with Crippen LogP contribution in [0, 0.1) is 0 Å².